The fraction of sp³-hybridized carbons (Fsp3) is 0.111. The fourth-order valence-electron chi connectivity index (χ4n) is 1.65. The SMILES string of the molecule is O=C([OH2+])CN=Cc1ccccc1O.O=C([OH2+])CN=Cc1ccccc1O.[Ni].[Ni].[OH-].[OH-].[OH-].[OH-]. The summed E-state index contributed by atoms with van der Waals surface area (Å²) in [4.78, 5) is 27.8. The average Bonchev–Trinajstić information content (AvgIpc) is 2.58. The number of rotatable bonds is 6. The second-order valence-corrected chi connectivity index (χ2v) is 4.90. The maximum absolute atomic E-state index is 10.2. The van der Waals surface area contributed by atoms with Gasteiger partial charge in [-0.15, -0.1) is 0 Å². The molecule has 0 aliphatic carbocycles. The van der Waals surface area contributed by atoms with Crippen molar-refractivity contribution < 1.29 is 84.9 Å². The number of carbonyl (C=O) groups is 2. The quantitative estimate of drug-likeness (QED) is 0.268. The van der Waals surface area contributed by atoms with E-state index in [0.717, 1.165) is 0 Å². The van der Waals surface area contributed by atoms with E-state index >= 15 is 0 Å². The molecule has 14 heteroatoms. The summed E-state index contributed by atoms with van der Waals surface area (Å²) in [6.45, 7) is -0.345. The van der Waals surface area contributed by atoms with Crippen molar-refractivity contribution in [2.75, 3.05) is 13.1 Å². The number of hydrogen-bond donors (Lipinski definition) is 2. The molecule has 0 atom stereocenters. The van der Waals surface area contributed by atoms with Gasteiger partial charge < -0.3 is 42.3 Å². The molecule has 2 rings (SSSR count). The molecule has 0 aliphatic rings. The number of phenols is 2. The topological polar surface area (TPSA) is 265 Å². The summed E-state index contributed by atoms with van der Waals surface area (Å²) in [6, 6.07) is 13.3. The molecule has 0 spiro atoms. The molecule has 0 unspecified atom stereocenters. The van der Waals surface area contributed by atoms with Crippen LogP contribution in [0.2, 0.25) is 0 Å². The Morgan fingerprint density at radius 2 is 0.969 bits per heavy atom. The molecule has 12 nitrogen and oxygen atoms in total. The van der Waals surface area contributed by atoms with Gasteiger partial charge in [-0.05, 0) is 24.3 Å². The number of benzene rings is 2. The predicted molar refractivity (Wildman–Crippen MR) is 106 cm³/mol. The van der Waals surface area contributed by atoms with Gasteiger partial charge in [0.15, 0.2) is 13.1 Å². The first-order valence-corrected chi connectivity index (χ1v) is 7.44. The molecule has 2 aromatic carbocycles. The van der Waals surface area contributed by atoms with E-state index in [9.17, 15) is 19.8 Å². The molecule has 0 radical (unpaired) electrons. The van der Waals surface area contributed by atoms with Crippen LogP contribution in [-0.2, 0) is 42.6 Å². The summed E-state index contributed by atoms with van der Waals surface area (Å²) in [5.74, 6) is -1.26. The van der Waals surface area contributed by atoms with E-state index in [-0.39, 0.29) is 79.5 Å². The zero-order chi connectivity index (χ0) is 19.4. The van der Waals surface area contributed by atoms with Crippen LogP contribution in [0.1, 0.15) is 11.1 Å². The van der Waals surface area contributed by atoms with E-state index in [1.165, 1.54) is 24.6 Å². The maximum atomic E-state index is 10.2. The van der Waals surface area contributed by atoms with E-state index in [1.54, 1.807) is 36.4 Å². The van der Waals surface area contributed by atoms with E-state index in [1.807, 2.05) is 0 Å². The minimum atomic E-state index is -0.744. The van der Waals surface area contributed by atoms with Gasteiger partial charge in [-0.3, -0.25) is 9.98 Å². The van der Waals surface area contributed by atoms with Gasteiger partial charge in [0.25, 0.3) is 0 Å². The summed E-state index contributed by atoms with van der Waals surface area (Å²) in [5.41, 5.74) is 1.09. The number of aromatic hydroxyl groups is 2. The first kappa shape index (κ1) is 43.1. The zero-order valence-electron chi connectivity index (χ0n) is 16.2. The molecular weight excluding hydrogens is 522 g/mol. The molecule has 32 heavy (non-hydrogen) atoms. The molecule has 0 bridgehead atoms. The van der Waals surface area contributed by atoms with E-state index < -0.39 is 11.9 Å². The summed E-state index contributed by atoms with van der Waals surface area (Å²) in [5, 5.41) is 31.7. The first-order valence-electron chi connectivity index (χ1n) is 7.44. The van der Waals surface area contributed by atoms with Gasteiger partial charge >= 0.3 is 11.9 Å². The van der Waals surface area contributed by atoms with Gasteiger partial charge in [0.1, 0.15) is 11.5 Å². The van der Waals surface area contributed by atoms with E-state index in [0.29, 0.717) is 11.1 Å². The van der Waals surface area contributed by atoms with Crippen LogP contribution in [0.3, 0.4) is 0 Å². The van der Waals surface area contributed by atoms with Crippen molar-refractivity contribution in [3.8, 4) is 11.5 Å². The molecule has 0 aromatic heterocycles. The van der Waals surface area contributed by atoms with Gasteiger partial charge in [-0.25, -0.2) is 0 Å². The molecule has 0 fully saturated rings. The van der Waals surface area contributed by atoms with Gasteiger partial charge in [0, 0.05) is 66.1 Å². The number of para-hydroxylation sites is 2. The second kappa shape index (κ2) is 24.4. The monoisotopic (exact) mass is 544 g/mol. The van der Waals surface area contributed by atoms with Crippen molar-refractivity contribution in [3.63, 3.8) is 0 Å². The number of nitrogens with zero attached hydrogens (tertiary/aromatic N) is 2. The van der Waals surface area contributed by atoms with Gasteiger partial charge in [0.2, 0.25) is 0 Å². The molecule has 0 amide bonds. The molecule has 188 valence electrons. The number of aliphatic imine (C=N–C) groups is 2. The van der Waals surface area contributed by atoms with Crippen LogP contribution in [0.25, 0.3) is 0 Å². The third-order valence-electron chi connectivity index (χ3n) is 2.80. The standard InChI is InChI=1S/2C9H9NO3.2Ni.4H2O/c2*11-8-4-2-1-3-7(8)5-10-6-9(12)13;;;;;;/h2*1-5,11H,6H2,(H,12,13);;;4*1H2/p-2. The van der Waals surface area contributed by atoms with Crippen molar-refractivity contribution in [1.29, 1.82) is 0 Å². The molecule has 0 saturated heterocycles. The minimum absolute atomic E-state index is 0. The van der Waals surface area contributed by atoms with Crippen molar-refractivity contribution in [2.24, 2.45) is 9.98 Å². The van der Waals surface area contributed by atoms with Crippen LogP contribution >= 0.6 is 0 Å². The van der Waals surface area contributed by atoms with Crippen molar-refractivity contribution >= 4 is 24.4 Å². The van der Waals surface area contributed by atoms with Crippen LogP contribution in [0.15, 0.2) is 58.5 Å². The third-order valence-corrected chi connectivity index (χ3v) is 2.80. The third kappa shape index (κ3) is 19.1. The van der Waals surface area contributed by atoms with Crippen LogP contribution in [0.4, 0.5) is 0 Å². The molecule has 0 heterocycles. The van der Waals surface area contributed by atoms with Crippen LogP contribution in [0.5, 0.6) is 11.5 Å². The number of hydrogen-bond acceptors (Lipinski definition) is 10. The van der Waals surface area contributed by atoms with Crippen molar-refractivity contribution in [3.05, 3.63) is 59.7 Å². The Kier molecular flexibility index (Phi) is 32.9. The molecule has 2 aromatic rings. The van der Waals surface area contributed by atoms with Crippen LogP contribution < -0.4 is 0 Å². The normalized spacial score (nSPS) is 8.50. The smallest absolute Gasteiger partial charge is 0.537 e. The van der Waals surface area contributed by atoms with Gasteiger partial charge in [0.05, 0.1) is 0 Å². The minimum Gasteiger partial charge on any atom is -0.870 e. The largest absolute Gasteiger partial charge is 0.870 e. The van der Waals surface area contributed by atoms with Gasteiger partial charge in [-0.2, -0.15) is 0 Å². The Bertz CT molecular complexity index is 752. The Morgan fingerprint density at radius 3 is 1.22 bits per heavy atom. The Morgan fingerprint density at radius 1 is 0.688 bits per heavy atom. The first-order chi connectivity index (χ1) is 12.4. The Labute approximate surface area is 203 Å². The summed E-state index contributed by atoms with van der Waals surface area (Å²) in [7, 11) is 0. The molecule has 0 saturated carbocycles. The number of carbonyl (C=O) groups excluding carboxylic acids is 2. The molecule has 0 aliphatic heterocycles. The Balaban J connectivity index is -0.0000000889. The van der Waals surface area contributed by atoms with Gasteiger partial charge in [-0.1, -0.05) is 24.3 Å². The maximum Gasteiger partial charge on any atom is 0.537 e. The summed E-state index contributed by atoms with van der Waals surface area (Å²) < 4.78 is 0. The zero-order valence-corrected chi connectivity index (χ0v) is 18.2. The average molecular weight is 546 g/mol. The Hall–Kier alpha value is -2.85. The van der Waals surface area contributed by atoms with Crippen molar-refractivity contribution in [2.45, 2.75) is 0 Å². The number of phenolic OH excluding ortho intramolecular Hbond substituents is 2. The predicted octanol–water partition coefficient (Wildman–Crippen LogP) is -0.588. The summed E-state index contributed by atoms with van der Waals surface area (Å²) in [6.07, 6.45) is 2.75. The summed E-state index contributed by atoms with van der Waals surface area (Å²) >= 11 is 0. The fourth-order valence-corrected chi connectivity index (χ4v) is 1.65. The second-order valence-electron chi connectivity index (χ2n) is 4.90. The molecular formula is C18H24N2Ni2O10-2. The van der Waals surface area contributed by atoms with Crippen LogP contribution in [0, 0.1) is 0 Å². The van der Waals surface area contributed by atoms with Crippen LogP contribution in [-0.4, -0.2) is 79.8 Å². The molecule has 10 N–H and O–H groups in total. The van der Waals surface area contributed by atoms with E-state index in [4.69, 9.17) is 10.2 Å². The van der Waals surface area contributed by atoms with Crippen molar-refractivity contribution in [1.82, 2.24) is 0 Å². The van der Waals surface area contributed by atoms with E-state index in [2.05, 4.69) is 9.98 Å².